The molecule has 1 aliphatic carbocycles. The molecule has 0 fully saturated rings. The van der Waals surface area contributed by atoms with Gasteiger partial charge in [-0.25, -0.2) is 0 Å². The molecule has 1 aromatic heterocycles. The Kier molecular flexibility index (Phi) is 3.72. The molecule has 1 aliphatic rings. The molecule has 2 aromatic rings. The van der Waals surface area contributed by atoms with Gasteiger partial charge in [0.25, 0.3) is 0 Å². The maximum Gasteiger partial charge on any atom is 0.0326 e. The molecule has 1 atom stereocenters. The van der Waals surface area contributed by atoms with Crippen LogP contribution >= 0.6 is 11.3 Å². The highest BCUT2D eigenvalue weighted by Crippen LogP contribution is 2.39. The van der Waals surface area contributed by atoms with Crippen LogP contribution in [0.3, 0.4) is 0 Å². The molecule has 0 spiro atoms. The Morgan fingerprint density at radius 1 is 1.26 bits per heavy atom. The van der Waals surface area contributed by atoms with Crippen LogP contribution in [-0.2, 0) is 6.42 Å². The Labute approximate surface area is 119 Å². The van der Waals surface area contributed by atoms with Crippen molar-refractivity contribution in [3.63, 3.8) is 0 Å². The van der Waals surface area contributed by atoms with Crippen molar-refractivity contribution in [1.82, 2.24) is 5.32 Å². The van der Waals surface area contributed by atoms with Crippen LogP contribution in [0.25, 0.3) is 11.1 Å². The molecule has 0 saturated carbocycles. The second kappa shape index (κ2) is 5.48. The molecular formula is C17H21NS. The Balaban J connectivity index is 1.98. The molecule has 0 bridgehead atoms. The second-order valence-corrected chi connectivity index (χ2v) is 6.43. The van der Waals surface area contributed by atoms with E-state index in [-0.39, 0.29) is 0 Å². The zero-order valence-corrected chi connectivity index (χ0v) is 12.5. The van der Waals surface area contributed by atoms with E-state index in [9.17, 15) is 0 Å². The summed E-state index contributed by atoms with van der Waals surface area (Å²) >= 11 is 1.84. The molecule has 0 radical (unpaired) electrons. The van der Waals surface area contributed by atoms with Crippen molar-refractivity contribution in [3.8, 4) is 11.1 Å². The third-order valence-corrected chi connectivity index (χ3v) is 4.91. The van der Waals surface area contributed by atoms with Gasteiger partial charge in [-0.15, -0.1) is 11.3 Å². The van der Waals surface area contributed by atoms with Crippen LogP contribution in [-0.4, -0.2) is 6.54 Å². The fourth-order valence-electron chi connectivity index (χ4n) is 3.10. The van der Waals surface area contributed by atoms with Gasteiger partial charge in [0.15, 0.2) is 0 Å². The lowest BCUT2D eigenvalue weighted by molar-refractivity contribution is 0.529. The molecule has 1 N–H and O–H groups in total. The Hall–Kier alpha value is -1.12. The summed E-state index contributed by atoms with van der Waals surface area (Å²) in [5, 5.41) is 5.88. The topological polar surface area (TPSA) is 12.0 Å². The molecule has 1 nitrogen and oxygen atoms in total. The maximum atomic E-state index is 3.68. The van der Waals surface area contributed by atoms with E-state index in [1.54, 1.807) is 5.56 Å². The second-order valence-electron chi connectivity index (χ2n) is 5.31. The fraction of sp³-hybridized carbons (Fsp3) is 0.412. The van der Waals surface area contributed by atoms with Crippen molar-refractivity contribution < 1.29 is 0 Å². The van der Waals surface area contributed by atoms with Gasteiger partial charge >= 0.3 is 0 Å². The van der Waals surface area contributed by atoms with Gasteiger partial charge in [0.2, 0.25) is 0 Å². The van der Waals surface area contributed by atoms with Crippen molar-refractivity contribution >= 4 is 11.3 Å². The van der Waals surface area contributed by atoms with Crippen molar-refractivity contribution in [1.29, 1.82) is 0 Å². The fourth-order valence-corrected chi connectivity index (χ4v) is 3.81. The monoisotopic (exact) mass is 271 g/mol. The van der Waals surface area contributed by atoms with E-state index >= 15 is 0 Å². The maximum absolute atomic E-state index is 3.68. The summed E-state index contributed by atoms with van der Waals surface area (Å²) in [7, 11) is 0. The summed E-state index contributed by atoms with van der Waals surface area (Å²) in [5.41, 5.74) is 5.98. The number of fused-ring (bicyclic) bond motifs is 1. The van der Waals surface area contributed by atoms with Crippen molar-refractivity contribution in [2.75, 3.05) is 6.54 Å². The molecule has 1 aromatic carbocycles. The van der Waals surface area contributed by atoms with Crippen molar-refractivity contribution in [2.45, 2.75) is 39.2 Å². The quantitative estimate of drug-likeness (QED) is 0.849. The first kappa shape index (κ1) is 12.9. The van der Waals surface area contributed by atoms with Crippen LogP contribution in [0.5, 0.6) is 0 Å². The number of aryl methyl sites for hydroxylation is 1. The lowest BCUT2D eigenvalue weighted by atomic mass is 9.97. The zero-order valence-electron chi connectivity index (χ0n) is 11.7. The highest BCUT2D eigenvalue weighted by atomic mass is 32.1. The average molecular weight is 271 g/mol. The van der Waals surface area contributed by atoms with Crippen LogP contribution < -0.4 is 5.32 Å². The SMILES string of the molecule is CCCNC1CCc2c(-c3ccsc3C)cccc21. The predicted octanol–water partition coefficient (Wildman–Crippen LogP) is 4.71. The first-order valence-electron chi connectivity index (χ1n) is 7.21. The van der Waals surface area contributed by atoms with E-state index in [2.05, 4.69) is 48.8 Å². The molecule has 2 heteroatoms. The number of benzene rings is 1. The van der Waals surface area contributed by atoms with E-state index < -0.39 is 0 Å². The van der Waals surface area contributed by atoms with Gasteiger partial charge in [-0.05, 0) is 66.4 Å². The zero-order chi connectivity index (χ0) is 13.2. The summed E-state index contributed by atoms with van der Waals surface area (Å²) in [4.78, 5) is 1.43. The standard InChI is InChI=1S/C17H21NS/c1-3-10-18-17-8-7-15-14(5-4-6-16(15)17)13-9-11-19-12(13)2/h4-6,9,11,17-18H,3,7-8,10H2,1-2H3. The molecule has 0 saturated heterocycles. The predicted molar refractivity (Wildman–Crippen MR) is 83.8 cm³/mol. The molecule has 100 valence electrons. The molecular weight excluding hydrogens is 250 g/mol. The molecule has 1 unspecified atom stereocenters. The smallest absolute Gasteiger partial charge is 0.0326 e. The van der Waals surface area contributed by atoms with E-state index in [4.69, 9.17) is 0 Å². The largest absolute Gasteiger partial charge is 0.310 e. The normalized spacial score (nSPS) is 17.7. The molecule has 0 aliphatic heterocycles. The van der Waals surface area contributed by atoms with Crippen LogP contribution in [0, 0.1) is 6.92 Å². The van der Waals surface area contributed by atoms with E-state index in [0.717, 1.165) is 6.54 Å². The summed E-state index contributed by atoms with van der Waals surface area (Å²) < 4.78 is 0. The Morgan fingerprint density at radius 2 is 2.16 bits per heavy atom. The summed E-state index contributed by atoms with van der Waals surface area (Å²) in [6, 6.07) is 9.64. The van der Waals surface area contributed by atoms with Gasteiger partial charge in [0, 0.05) is 10.9 Å². The molecule has 0 amide bonds. The summed E-state index contributed by atoms with van der Waals surface area (Å²) in [6.45, 7) is 5.57. The van der Waals surface area contributed by atoms with Crippen molar-refractivity contribution in [2.24, 2.45) is 0 Å². The Morgan fingerprint density at radius 3 is 2.89 bits per heavy atom. The van der Waals surface area contributed by atoms with E-state index in [0.29, 0.717) is 6.04 Å². The van der Waals surface area contributed by atoms with Gasteiger partial charge < -0.3 is 5.32 Å². The van der Waals surface area contributed by atoms with E-state index in [1.165, 1.54) is 40.8 Å². The van der Waals surface area contributed by atoms with Crippen LogP contribution in [0.15, 0.2) is 29.6 Å². The highest BCUT2D eigenvalue weighted by molar-refractivity contribution is 7.10. The lowest BCUT2D eigenvalue weighted by Crippen LogP contribution is -2.19. The van der Waals surface area contributed by atoms with Gasteiger partial charge in [0.1, 0.15) is 0 Å². The first-order chi connectivity index (χ1) is 9.31. The van der Waals surface area contributed by atoms with Gasteiger partial charge in [0.05, 0.1) is 0 Å². The number of hydrogen-bond donors (Lipinski definition) is 1. The minimum atomic E-state index is 0.564. The summed E-state index contributed by atoms with van der Waals surface area (Å²) in [6.07, 6.45) is 3.66. The first-order valence-corrected chi connectivity index (χ1v) is 8.09. The van der Waals surface area contributed by atoms with Gasteiger partial charge in [-0.1, -0.05) is 25.1 Å². The minimum Gasteiger partial charge on any atom is -0.310 e. The van der Waals surface area contributed by atoms with Crippen LogP contribution in [0.4, 0.5) is 0 Å². The molecule has 3 rings (SSSR count). The third-order valence-electron chi connectivity index (χ3n) is 4.06. The lowest BCUT2D eigenvalue weighted by Gasteiger charge is -2.14. The number of hydrogen-bond acceptors (Lipinski definition) is 2. The third kappa shape index (κ3) is 2.35. The van der Waals surface area contributed by atoms with Gasteiger partial charge in [-0.2, -0.15) is 0 Å². The van der Waals surface area contributed by atoms with Crippen LogP contribution in [0.1, 0.15) is 41.8 Å². The molecule has 1 heterocycles. The average Bonchev–Trinajstić information content (AvgIpc) is 3.02. The number of thiophene rings is 1. The Bertz CT molecular complexity index is 570. The van der Waals surface area contributed by atoms with Crippen LogP contribution in [0.2, 0.25) is 0 Å². The number of nitrogens with one attached hydrogen (secondary N) is 1. The van der Waals surface area contributed by atoms with Gasteiger partial charge in [-0.3, -0.25) is 0 Å². The number of rotatable bonds is 4. The molecule has 19 heavy (non-hydrogen) atoms. The highest BCUT2D eigenvalue weighted by Gasteiger charge is 2.24. The minimum absolute atomic E-state index is 0.564. The van der Waals surface area contributed by atoms with Crippen molar-refractivity contribution in [3.05, 3.63) is 45.6 Å². The summed E-state index contributed by atoms with van der Waals surface area (Å²) in [5.74, 6) is 0. The van der Waals surface area contributed by atoms with E-state index in [1.807, 2.05) is 11.3 Å².